The Balaban J connectivity index is 1.87. The van der Waals surface area contributed by atoms with E-state index in [9.17, 15) is 8.42 Å². The zero-order chi connectivity index (χ0) is 20.4. The molecular formula is C22H24N2O4S. The van der Waals surface area contributed by atoms with Gasteiger partial charge in [0.25, 0.3) is 0 Å². The molecule has 0 atom stereocenters. The third kappa shape index (κ3) is 3.74. The molecule has 1 aromatic heterocycles. The highest BCUT2D eigenvalue weighted by molar-refractivity contribution is 7.91. The summed E-state index contributed by atoms with van der Waals surface area (Å²) in [4.78, 5) is 6.65. The molecule has 1 aliphatic heterocycles. The zero-order valence-corrected chi connectivity index (χ0v) is 17.4. The van der Waals surface area contributed by atoms with Gasteiger partial charge in [0.05, 0.1) is 17.6 Å². The van der Waals surface area contributed by atoms with E-state index >= 15 is 0 Å². The molecule has 4 rings (SSSR count). The molecule has 152 valence electrons. The number of aryl methyl sites for hydroxylation is 1. The van der Waals surface area contributed by atoms with E-state index < -0.39 is 9.84 Å². The number of para-hydroxylation sites is 1. The van der Waals surface area contributed by atoms with Gasteiger partial charge in [-0.05, 0) is 50.5 Å². The predicted molar refractivity (Wildman–Crippen MR) is 111 cm³/mol. The van der Waals surface area contributed by atoms with Crippen LogP contribution in [-0.4, -0.2) is 33.6 Å². The molecule has 0 saturated carbocycles. The first-order valence-corrected chi connectivity index (χ1v) is 11.2. The fraction of sp³-hybridized carbons (Fsp3) is 0.318. The van der Waals surface area contributed by atoms with Gasteiger partial charge in [0, 0.05) is 13.1 Å². The predicted octanol–water partition coefficient (Wildman–Crippen LogP) is 4.48. The van der Waals surface area contributed by atoms with Crippen molar-refractivity contribution in [2.75, 3.05) is 25.1 Å². The molecule has 1 aliphatic rings. The van der Waals surface area contributed by atoms with Gasteiger partial charge in [0.1, 0.15) is 5.75 Å². The molecule has 7 heteroatoms. The summed E-state index contributed by atoms with van der Waals surface area (Å²) in [5.41, 5.74) is 1.62. The maximum absolute atomic E-state index is 13.4. The van der Waals surface area contributed by atoms with Crippen LogP contribution < -0.4 is 9.64 Å². The van der Waals surface area contributed by atoms with Gasteiger partial charge in [-0.2, -0.15) is 4.98 Å². The largest absolute Gasteiger partial charge is 0.496 e. The molecule has 1 saturated heterocycles. The second-order valence-corrected chi connectivity index (χ2v) is 9.06. The molecule has 2 heterocycles. The zero-order valence-electron chi connectivity index (χ0n) is 16.6. The fourth-order valence-electron chi connectivity index (χ4n) is 3.54. The number of benzene rings is 2. The van der Waals surface area contributed by atoms with Gasteiger partial charge < -0.3 is 14.1 Å². The first-order valence-electron chi connectivity index (χ1n) is 9.71. The van der Waals surface area contributed by atoms with Gasteiger partial charge in [-0.1, -0.05) is 29.8 Å². The topological polar surface area (TPSA) is 72.6 Å². The van der Waals surface area contributed by atoms with E-state index in [1.54, 1.807) is 37.4 Å². The Morgan fingerprint density at radius 2 is 1.69 bits per heavy atom. The number of sulfone groups is 1. The summed E-state index contributed by atoms with van der Waals surface area (Å²) in [7, 11) is -2.26. The Morgan fingerprint density at radius 3 is 2.38 bits per heavy atom. The molecule has 3 aromatic rings. The number of ether oxygens (including phenoxy) is 1. The van der Waals surface area contributed by atoms with Crippen molar-refractivity contribution in [1.82, 2.24) is 4.98 Å². The maximum Gasteiger partial charge on any atom is 0.236 e. The molecule has 29 heavy (non-hydrogen) atoms. The average molecular weight is 413 g/mol. The first-order chi connectivity index (χ1) is 14.0. The van der Waals surface area contributed by atoms with Crippen LogP contribution in [0.4, 0.5) is 5.88 Å². The SMILES string of the molecule is COc1ccccc1-c1nc(S(=O)(=O)c2ccc(C)cc2)c(N2CCCCC2)o1. The lowest BCUT2D eigenvalue weighted by molar-refractivity contribution is 0.414. The van der Waals surface area contributed by atoms with Crippen LogP contribution >= 0.6 is 0 Å². The van der Waals surface area contributed by atoms with Crippen molar-refractivity contribution >= 4 is 15.7 Å². The monoisotopic (exact) mass is 412 g/mol. The summed E-state index contributed by atoms with van der Waals surface area (Å²) in [5, 5.41) is -0.0378. The highest BCUT2D eigenvalue weighted by Gasteiger charge is 2.32. The van der Waals surface area contributed by atoms with Crippen LogP contribution in [-0.2, 0) is 9.84 Å². The molecular weight excluding hydrogens is 388 g/mol. The number of oxazole rings is 1. The lowest BCUT2D eigenvalue weighted by atomic mass is 10.1. The number of nitrogens with zero attached hydrogens (tertiary/aromatic N) is 2. The Hall–Kier alpha value is -2.80. The van der Waals surface area contributed by atoms with Crippen LogP contribution in [0.5, 0.6) is 5.75 Å². The van der Waals surface area contributed by atoms with Crippen LogP contribution in [0.25, 0.3) is 11.5 Å². The summed E-state index contributed by atoms with van der Waals surface area (Å²) in [6.07, 6.45) is 3.12. The smallest absolute Gasteiger partial charge is 0.236 e. The minimum absolute atomic E-state index is 0.0378. The number of anilines is 1. The molecule has 0 N–H and O–H groups in total. The Morgan fingerprint density at radius 1 is 1.00 bits per heavy atom. The number of piperidine rings is 1. The first kappa shape index (κ1) is 19.5. The van der Waals surface area contributed by atoms with E-state index in [4.69, 9.17) is 9.15 Å². The molecule has 0 unspecified atom stereocenters. The van der Waals surface area contributed by atoms with Crippen LogP contribution in [0.2, 0.25) is 0 Å². The van der Waals surface area contributed by atoms with E-state index in [1.165, 1.54) is 0 Å². The van der Waals surface area contributed by atoms with Crippen molar-refractivity contribution in [2.24, 2.45) is 0 Å². The van der Waals surface area contributed by atoms with Gasteiger partial charge in [-0.25, -0.2) is 8.42 Å². The normalized spacial score (nSPS) is 14.8. The number of hydrogen-bond donors (Lipinski definition) is 0. The summed E-state index contributed by atoms with van der Waals surface area (Å²) in [6.45, 7) is 3.42. The van der Waals surface area contributed by atoms with Crippen molar-refractivity contribution in [3.8, 4) is 17.2 Å². The van der Waals surface area contributed by atoms with Crippen LogP contribution in [0.3, 0.4) is 0 Å². The van der Waals surface area contributed by atoms with Gasteiger partial charge in [-0.15, -0.1) is 0 Å². The van der Waals surface area contributed by atoms with Gasteiger partial charge in [0.15, 0.2) is 0 Å². The lowest BCUT2D eigenvalue weighted by Crippen LogP contribution is -2.30. The van der Waals surface area contributed by atoms with E-state index in [0.717, 1.165) is 37.9 Å². The number of rotatable bonds is 5. The molecule has 0 bridgehead atoms. The minimum Gasteiger partial charge on any atom is -0.496 e. The Kier molecular flexibility index (Phi) is 5.32. The minimum atomic E-state index is -3.83. The summed E-state index contributed by atoms with van der Waals surface area (Å²) < 4.78 is 38.3. The molecule has 1 fully saturated rings. The van der Waals surface area contributed by atoms with Crippen molar-refractivity contribution in [3.63, 3.8) is 0 Å². The van der Waals surface area contributed by atoms with E-state index in [-0.39, 0.29) is 15.8 Å². The molecule has 0 aliphatic carbocycles. The Bertz CT molecular complexity index is 1100. The highest BCUT2D eigenvalue weighted by Crippen LogP contribution is 2.38. The van der Waals surface area contributed by atoms with Gasteiger partial charge in [-0.3, -0.25) is 0 Å². The quantitative estimate of drug-likeness (QED) is 0.615. The van der Waals surface area contributed by atoms with E-state index in [1.807, 2.05) is 30.0 Å². The average Bonchev–Trinajstić information content (AvgIpc) is 3.21. The molecule has 0 amide bonds. The van der Waals surface area contributed by atoms with Crippen molar-refractivity contribution in [2.45, 2.75) is 36.1 Å². The van der Waals surface area contributed by atoms with Gasteiger partial charge in [0.2, 0.25) is 26.6 Å². The van der Waals surface area contributed by atoms with Crippen molar-refractivity contribution in [3.05, 3.63) is 54.1 Å². The van der Waals surface area contributed by atoms with Crippen LogP contribution in [0.1, 0.15) is 24.8 Å². The second-order valence-electron chi connectivity index (χ2n) is 7.19. The lowest BCUT2D eigenvalue weighted by Gasteiger charge is -2.26. The number of hydrogen-bond acceptors (Lipinski definition) is 6. The summed E-state index contributed by atoms with van der Waals surface area (Å²) in [5.74, 6) is 1.14. The second kappa shape index (κ2) is 7.91. The molecule has 0 radical (unpaired) electrons. The number of aromatic nitrogens is 1. The highest BCUT2D eigenvalue weighted by atomic mass is 32.2. The van der Waals surface area contributed by atoms with Gasteiger partial charge >= 0.3 is 0 Å². The Labute approximate surface area is 171 Å². The summed E-state index contributed by atoms with van der Waals surface area (Å²) in [6, 6.07) is 14.1. The fourth-order valence-corrected chi connectivity index (χ4v) is 4.86. The van der Waals surface area contributed by atoms with Crippen LogP contribution in [0.15, 0.2) is 62.9 Å². The van der Waals surface area contributed by atoms with E-state index in [2.05, 4.69) is 4.98 Å². The third-order valence-electron chi connectivity index (χ3n) is 5.15. The third-order valence-corrected chi connectivity index (χ3v) is 6.81. The molecule has 0 spiro atoms. The standard InChI is InChI=1S/C22H24N2O4S/c1-16-10-12-17(13-11-16)29(25,26)21-22(24-14-6-3-7-15-24)28-20(23-21)18-8-4-5-9-19(18)27-2/h4-5,8-13H,3,6-7,14-15H2,1-2H3. The van der Waals surface area contributed by atoms with Crippen molar-refractivity contribution < 1.29 is 17.6 Å². The van der Waals surface area contributed by atoms with Crippen LogP contribution in [0, 0.1) is 6.92 Å². The number of methoxy groups -OCH3 is 1. The summed E-state index contributed by atoms with van der Waals surface area (Å²) >= 11 is 0. The van der Waals surface area contributed by atoms with E-state index in [0.29, 0.717) is 17.2 Å². The molecule has 6 nitrogen and oxygen atoms in total. The van der Waals surface area contributed by atoms with Crippen molar-refractivity contribution in [1.29, 1.82) is 0 Å². The molecule has 2 aromatic carbocycles. The maximum atomic E-state index is 13.4.